The molecule has 2 bridgehead atoms. The molecule has 1 aromatic heterocycles. The van der Waals surface area contributed by atoms with E-state index in [1.54, 1.807) is 38.1 Å². The van der Waals surface area contributed by atoms with Crippen LogP contribution < -0.4 is 15.4 Å². The van der Waals surface area contributed by atoms with E-state index in [1.807, 2.05) is 6.92 Å². The number of rotatable bonds is 7. The predicted molar refractivity (Wildman–Crippen MR) is 146 cm³/mol. The van der Waals surface area contributed by atoms with Crippen LogP contribution in [-0.4, -0.2) is 58.5 Å². The van der Waals surface area contributed by atoms with Crippen molar-refractivity contribution in [2.24, 2.45) is 0 Å². The van der Waals surface area contributed by atoms with Gasteiger partial charge in [-0.2, -0.15) is 18.4 Å². The number of hydrogen-bond acceptors (Lipinski definition) is 7. The Bertz CT molecular complexity index is 1520. The normalized spacial score (nSPS) is 21.5. The number of morpholine rings is 1. The van der Waals surface area contributed by atoms with E-state index in [2.05, 4.69) is 15.5 Å². The minimum Gasteiger partial charge on any atom is -0.494 e. The van der Waals surface area contributed by atoms with Crippen molar-refractivity contribution in [1.29, 1.82) is 5.26 Å². The van der Waals surface area contributed by atoms with Gasteiger partial charge < -0.3 is 30.3 Å². The third kappa shape index (κ3) is 5.08. The van der Waals surface area contributed by atoms with Gasteiger partial charge in [-0.25, -0.2) is 4.79 Å². The zero-order valence-electron chi connectivity index (χ0n) is 23.2. The van der Waals surface area contributed by atoms with Crippen molar-refractivity contribution in [2.45, 2.75) is 38.1 Å². The van der Waals surface area contributed by atoms with Crippen LogP contribution in [0.2, 0.25) is 0 Å². The molecule has 13 heteroatoms. The van der Waals surface area contributed by atoms with Crippen molar-refractivity contribution in [1.82, 2.24) is 14.8 Å². The summed E-state index contributed by atoms with van der Waals surface area (Å²) >= 11 is 0. The summed E-state index contributed by atoms with van der Waals surface area (Å²) in [6.07, 6.45) is -4.80. The van der Waals surface area contributed by atoms with Gasteiger partial charge in [0.2, 0.25) is 11.8 Å². The van der Waals surface area contributed by atoms with Crippen LogP contribution >= 0.6 is 0 Å². The van der Waals surface area contributed by atoms with Crippen LogP contribution in [0.25, 0.3) is 5.69 Å². The number of alkyl halides is 3. The summed E-state index contributed by atoms with van der Waals surface area (Å²) in [7, 11) is 0. The topological polar surface area (TPSA) is 132 Å². The van der Waals surface area contributed by atoms with E-state index in [0.29, 0.717) is 55.3 Å². The maximum Gasteiger partial charge on any atom is 0.417 e. The number of aromatic nitrogens is 1. The standard InChI is InChI=1S/C29H30F3N5O5/c1-4-34-26(40)35-18-6-9-20(10-7-18)41-12-11-36-15-27(2)22-23(28(3,16-36)42-27)25(39)37(24(22)38)19-8-5-17(14-33)21(13-19)29(30,31)32/h5-10,13,38-39H,4,11-12,15-16H2,1-3H3,(H2,34,35,40)/t27-,28+. The number of ether oxygens (including phenoxy) is 2. The first-order valence-corrected chi connectivity index (χ1v) is 13.3. The summed E-state index contributed by atoms with van der Waals surface area (Å²) in [5.41, 5.74) is -2.76. The molecule has 0 aliphatic carbocycles. The molecule has 0 saturated carbocycles. The van der Waals surface area contributed by atoms with Crippen molar-refractivity contribution in [3.05, 3.63) is 64.7 Å². The molecule has 1 fully saturated rings. The Labute approximate surface area is 239 Å². The highest BCUT2D eigenvalue weighted by Crippen LogP contribution is 2.59. The zero-order valence-corrected chi connectivity index (χ0v) is 23.2. The number of fused-ring (bicyclic) bond motifs is 5. The second-order valence-electron chi connectivity index (χ2n) is 10.7. The average Bonchev–Trinajstić information content (AvgIpc) is 3.29. The smallest absolute Gasteiger partial charge is 0.417 e. The Hall–Kier alpha value is -4.41. The van der Waals surface area contributed by atoms with Crippen molar-refractivity contribution in [2.75, 3.05) is 38.1 Å². The summed E-state index contributed by atoms with van der Waals surface area (Å²) in [5, 5.41) is 37.0. The molecule has 4 N–H and O–H groups in total. The minimum absolute atomic E-state index is 0.131. The van der Waals surface area contributed by atoms with Crippen LogP contribution in [0.3, 0.4) is 0 Å². The largest absolute Gasteiger partial charge is 0.494 e. The van der Waals surface area contributed by atoms with Crippen LogP contribution in [-0.2, 0) is 22.1 Å². The van der Waals surface area contributed by atoms with E-state index in [-0.39, 0.29) is 11.7 Å². The van der Waals surface area contributed by atoms with Crippen molar-refractivity contribution in [3.8, 4) is 29.3 Å². The molecule has 1 saturated heterocycles. The molecule has 2 aromatic carbocycles. The van der Waals surface area contributed by atoms with E-state index >= 15 is 0 Å². The summed E-state index contributed by atoms with van der Waals surface area (Å²) < 4.78 is 54.0. The second-order valence-corrected chi connectivity index (χ2v) is 10.7. The summed E-state index contributed by atoms with van der Waals surface area (Å²) in [5.74, 6) is -0.240. The number of benzene rings is 2. The molecule has 10 nitrogen and oxygen atoms in total. The highest BCUT2D eigenvalue weighted by molar-refractivity contribution is 5.89. The lowest BCUT2D eigenvalue weighted by molar-refractivity contribution is -0.187. The SMILES string of the molecule is CCNC(=O)Nc1ccc(OCCN2C[C@@]3(C)O[C@@](C)(C2)c2c3c(O)n(-c3ccc(C#N)c(C(F)(F)F)c3)c2O)cc1. The van der Waals surface area contributed by atoms with Crippen LogP contribution in [0.5, 0.6) is 17.5 Å². The summed E-state index contributed by atoms with van der Waals surface area (Å²) in [4.78, 5) is 13.7. The summed E-state index contributed by atoms with van der Waals surface area (Å²) in [6, 6.07) is 11.2. The van der Waals surface area contributed by atoms with Crippen molar-refractivity contribution < 1.29 is 37.7 Å². The Balaban J connectivity index is 1.33. The van der Waals surface area contributed by atoms with Gasteiger partial charge in [0.25, 0.3) is 0 Å². The number of aromatic hydroxyl groups is 2. The number of nitriles is 1. The van der Waals surface area contributed by atoms with E-state index in [0.717, 1.165) is 16.7 Å². The Morgan fingerprint density at radius 2 is 1.71 bits per heavy atom. The molecular formula is C29H30F3N5O5. The van der Waals surface area contributed by atoms with Gasteiger partial charge in [0.15, 0.2) is 0 Å². The lowest BCUT2D eigenvalue weighted by Crippen LogP contribution is -2.52. The quantitative estimate of drug-likeness (QED) is 0.314. The number of carbonyl (C=O) groups is 1. The first kappa shape index (κ1) is 29.1. The molecule has 2 aliphatic heterocycles. The Morgan fingerprint density at radius 1 is 1.10 bits per heavy atom. The van der Waals surface area contributed by atoms with Crippen LogP contribution in [0, 0.1) is 11.3 Å². The summed E-state index contributed by atoms with van der Waals surface area (Å²) in [6.45, 7) is 7.32. The van der Waals surface area contributed by atoms with Gasteiger partial charge in [0.05, 0.1) is 34.0 Å². The lowest BCUT2D eigenvalue weighted by atomic mass is 9.94. The fourth-order valence-electron chi connectivity index (χ4n) is 5.95. The third-order valence-corrected chi connectivity index (χ3v) is 7.49. The maximum absolute atomic E-state index is 13.6. The number of urea groups is 1. The lowest BCUT2D eigenvalue weighted by Gasteiger charge is -2.43. The van der Waals surface area contributed by atoms with Gasteiger partial charge in [0.1, 0.15) is 23.6 Å². The van der Waals surface area contributed by atoms with Crippen LogP contribution in [0.4, 0.5) is 23.7 Å². The molecule has 0 spiro atoms. The van der Waals surface area contributed by atoms with Crippen LogP contribution in [0.15, 0.2) is 42.5 Å². The molecular weight excluding hydrogens is 555 g/mol. The molecule has 3 heterocycles. The third-order valence-electron chi connectivity index (χ3n) is 7.49. The highest BCUT2D eigenvalue weighted by atomic mass is 19.4. The first-order valence-electron chi connectivity index (χ1n) is 13.3. The minimum atomic E-state index is -4.80. The van der Waals surface area contributed by atoms with Gasteiger partial charge in [-0.05, 0) is 63.2 Å². The number of amides is 2. The number of carbonyl (C=O) groups excluding carboxylic acids is 1. The fraction of sp³-hybridized carbons (Fsp3) is 0.379. The molecule has 5 rings (SSSR count). The molecule has 2 atom stereocenters. The Kier molecular flexibility index (Phi) is 7.24. The average molecular weight is 586 g/mol. The molecule has 222 valence electrons. The van der Waals surface area contributed by atoms with Gasteiger partial charge >= 0.3 is 12.2 Å². The fourth-order valence-corrected chi connectivity index (χ4v) is 5.95. The van der Waals surface area contributed by atoms with Crippen molar-refractivity contribution in [3.63, 3.8) is 0 Å². The van der Waals surface area contributed by atoms with Crippen molar-refractivity contribution >= 4 is 11.7 Å². The molecule has 0 radical (unpaired) electrons. The monoisotopic (exact) mass is 585 g/mol. The van der Waals surface area contributed by atoms with Gasteiger partial charge in [-0.1, -0.05) is 0 Å². The van der Waals surface area contributed by atoms with E-state index < -0.39 is 40.3 Å². The number of halogens is 3. The zero-order chi connectivity index (χ0) is 30.4. The number of nitrogens with zero attached hydrogens (tertiary/aromatic N) is 3. The molecule has 2 aliphatic rings. The highest BCUT2D eigenvalue weighted by Gasteiger charge is 2.58. The van der Waals surface area contributed by atoms with E-state index in [4.69, 9.17) is 14.7 Å². The number of anilines is 1. The Morgan fingerprint density at radius 3 is 2.26 bits per heavy atom. The molecule has 42 heavy (non-hydrogen) atoms. The van der Waals surface area contributed by atoms with Gasteiger partial charge in [0, 0.05) is 31.9 Å². The van der Waals surface area contributed by atoms with E-state index in [9.17, 15) is 28.2 Å². The van der Waals surface area contributed by atoms with E-state index in [1.165, 1.54) is 12.1 Å². The number of hydrogen-bond donors (Lipinski definition) is 4. The molecule has 3 aromatic rings. The van der Waals surface area contributed by atoms with Gasteiger partial charge in [-0.3, -0.25) is 9.47 Å². The molecule has 2 amide bonds. The predicted octanol–water partition coefficient (Wildman–Crippen LogP) is 4.78. The second kappa shape index (κ2) is 10.5. The maximum atomic E-state index is 13.6. The number of nitrogens with one attached hydrogen (secondary N) is 2. The first-order chi connectivity index (χ1) is 19.8. The van der Waals surface area contributed by atoms with Gasteiger partial charge in [-0.15, -0.1) is 0 Å². The molecule has 0 unspecified atom stereocenters. The van der Waals surface area contributed by atoms with Crippen LogP contribution in [0.1, 0.15) is 43.0 Å².